The van der Waals surface area contributed by atoms with Gasteiger partial charge < -0.3 is 4.74 Å². The maximum absolute atomic E-state index is 5.90. The van der Waals surface area contributed by atoms with E-state index in [9.17, 15) is 0 Å². The summed E-state index contributed by atoms with van der Waals surface area (Å²) in [7, 11) is 0. The van der Waals surface area contributed by atoms with Crippen LogP contribution < -0.4 is 4.74 Å². The molecule has 1 nitrogen and oxygen atoms in total. The average molecular weight is 197 g/mol. The molecule has 0 heterocycles. The van der Waals surface area contributed by atoms with Gasteiger partial charge in [0.15, 0.2) is 0 Å². The lowest BCUT2D eigenvalue weighted by atomic mass is 10.2. The summed E-state index contributed by atoms with van der Waals surface area (Å²) < 4.78 is 5.61. The van der Waals surface area contributed by atoms with Crippen LogP contribution in [0.15, 0.2) is 18.2 Å². The molecule has 1 fully saturated rings. The van der Waals surface area contributed by atoms with Gasteiger partial charge in [-0.05, 0) is 49.4 Å². The Morgan fingerprint density at radius 3 is 2.77 bits per heavy atom. The summed E-state index contributed by atoms with van der Waals surface area (Å²) in [4.78, 5) is 0. The van der Waals surface area contributed by atoms with Crippen LogP contribution in [0.2, 0.25) is 5.02 Å². The molecule has 0 aromatic heterocycles. The smallest absolute Gasteiger partial charge is 0.121 e. The molecule has 1 aliphatic carbocycles. The number of ether oxygens (including phenoxy) is 1. The van der Waals surface area contributed by atoms with E-state index >= 15 is 0 Å². The predicted molar refractivity (Wildman–Crippen MR) is 54.4 cm³/mol. The van der Waals surface area contributed by atoms with Crippen molar-refractivity contribution in [3.8, 4) is 5.75 Å². The van der Waals surface area contributed by atoms with Crippen molar-refractivity contribution >= 4 is 11.6 Å². The van der Waals surface area contributed by atoms with Crippen molar-refractivity contribution in [1.29, 1.82) is 0 Å². The first-order valence-corrected chi connectivity index (χ1v) is 5.02. The molecule has 0 bridgehead atoms. The minimum atomic E-state index is 0.755. The van der Waals surface area contributed by atoms with Crippen molar-refractivity contribution in [3.63, 3.8) is 0 Å². The van der Waals surface area contributed by atoms with Crippen LogP contribution in [0.4, 0.5) is 0 Å². The van der Waals surface area contributed by atoms with Crippen LogP contribution in [0.25, 0.3) is 0 Å². The van der Waals surface area contributed by atoms with Gasteiger partial charge in [-0.2, -0.15) is 0 Å². The summed E-state index contributed by atoms with van der Waals surface area (Å²) in [6.07, 6.45) is 2.64. The van der Waals surface area contributed by atoms with E-state index in [4.69, 9.17) is 16.3 Å². The van der Waals surface area contributed by atoms with Gasteiger partial charge in [-0.15, -0.1) is 0 Å². The lowest BCUT2D eigenvalue weighted by Crippen LogP contribution is -1.98. The summed E-state index contributed by atoms with van der Waals surface area (Å²) in [6.45, 7) is 2.87. The van der Waals surface area contributed by atoms with Crippen molar-refractivity contribution in [3.05, 3.63) is 28.8 Å². The molecule has 2 rings (SSSR count). The Morgan fingerprint density at radius 2 is 2.15 bits per heavy atom. The highest BCUT2D eigenvalue weighted by atomic mass is 35.5. The number of hydrogen-bond acceptors (Lipinski definition) is 1. The fourth-order valence-electron chi connectivity index (χ4n) is 1.28. The zero-order chi connectivity index (χ0) is 9.26. The number of benzene rings is 1. The molecule has 0 radical (unpaired) electrons. The molecule has 1 aliphatic rings. The van der Waals surface area contributed by atoms with Gasteiger partial charge in [0.2, 0.25) is 0 Å². The molecule has 0 unspecified atom stereocenters. The van der Waals surface area contributed by atoms with Gasteiger partial charge >= 0.3 is 0 Å². The summed E-state index contributed by atoms with van der Waals surface area (Å²) in [6, 6.07) is 5.83. The van der Waals surface area contributed by atoms with E-state index in [-0.39, 0.29) is 0 Å². The summed E-state index contributed by atoms with van der Waals surface area (Å²) in [5, 5.41) is 0.755. The summed E-state index contributed by atoms with van der Waals surface area (Å²) in [5.74, 6) is 1.69. The SMILES string of the molecule is Cc1cc(Cl)cc(OCC2CC2)c1. The number of halogens is 1. The highest BCUT2D eigenvalue weighted by Gasteiger charge is 2.21. The van der Waals surface area contributed by atoms with Gasteiger partial charge in [-0.25, -0.2) is 0 Å². The number of rotatable bonds is 3. The third kappa shape index (κ3) is 2.63. The minimum Gasteiger partial charge on any atom is -0.493 e. The Hall–Kier alpha value is -0.690. The molecule has 13 heavy (non-hydrogen) atoms. The van der Waals surface area contributed by atoms with Gasteiger partial charge in [0.25, 0.3) is 0 Å². The van der Waals surface area contributed by atoms with E-state index in [1.807, 2.05) is 25.1 Å². The van der Waals surface area contributed by atoms with E-state index < -0.39 is 0 Å². The molecule has 1 aromatic carbocycles. The Bertz CT molecular complexity index is 285. The van der Waals surface area contributed by atoms with Crippen LogP contribution in [0, 0.1) is 12.8 Å². The largest absolute Gasteiger partial charge is 0.493 e. The quantitative estimate of drug-likeness (QED) is 0.720. The molecular weight excluding hydrogens is 184 g/mol. The number of hydrogen-bond donors (Lipinski definition) is 0. The van der Waals surface area contributed by atoms with Crippen molar-refractivity contribution in [2.75, 3.05) is 6.61 Å². The van der Waals surface area contributed by atoms with Crippen LogP contribution in [0.3, 0.4) is 0 Å². The van der Waals surface area contributed by atoms with Gasteiger partial charge in [0.05, 0.1) is 6.61 Å². The molecule has 0 atom stereocenters. The van der Waals surface area contributed by atoms with Crippen molar-refractivity contribution < 1.29 is 4.74 Å². The second kappa shape index (κ2) is 3.59. The molecule has 0 spiro atoms. The molecule has 70 valence electrons. The Labute approximate surface area is 83.7 Å². The van der Waals surface area contributed by atoms with E-state index in [0.29, 0.717) is 0 Å². The van der Waals surface area contributed by atoms with Crippen LogP contribution in [0.5, 0.6) is 5.75 Å². The topological polar surface area (TPSA) is 9.23 Å². The van der Waals surface area contributed by atoms with Crippen LogP contribution in [-0.4, -0.2) is 6.61 Å². The van der Waals surface area contributed by atoms with Gasteiger partial charge in [-0.3, -0.25) is 0 Å². The Balaban J connectivity index is 2.01. The second-order valence-corrected chi connectivity index (χ2v) is 4.16. The maximum Gasteiger partial charge on any atom is 0.121 e. The van der Waals surface area contributed by atoms with E-state index in [0.717, 1.165) is 28.9 Å². The lowest BCUT2D eigenvalue weighted by Gasteiger charge is -2.06. The van der Waals surface area contributed by atoms with E-state index in [2.05, 4.69) is 0 Å². The van der Waals surface area contributed by atoms with Crippen molar-refractivity contribution in [2.45, 2.75) is 19.8 Å². The first-order chi connectivity index (χ1) is 6.24. The second-order valence-electron chi connectivity index (χ2n) is 3.72. The highest BCUT2D eigenvalue weighted by molar-refractivity contribution is 6.30. The first kappa shape index (κ1) is 8.89. The third-order valence-corrected chi connectivity index (χ3v) is 2.42. The standard InChI is InChI=1S/C11H13ClO/c1-8-4-10(12)6-11(5-8)13-7-9-2-3-9/h4-6,9H,2-3,7H2,1H3. The molecule has 0 aliphatic heterocycles. The normalized spacial score (nSPS) is 15.8. The van der Waals surface area contributed by atoms with Gasteiger partial charge in [-0.1, -0.05) is 11.6 Å². The fraction of sp³-hybridized carbons (Fsp3) is 0.455. The molecule has 1 aromatic rings. The van der Waals surface area contributed by atoms with Gasteiger partial charge in [0.1, 0.15) is 5.75 Å². The molecule has 0 amide bonds. The maximum atomic E-state index is 5.90. The summed E-state index contributed by atoms with van der Waals surface area (Å²) in [5.41, 5.74) is 1.15. The number of aryl methyl sites for hydroxylation is 1. The Kier molecular flexibility index (Phi) is 2.45. The summed E-state index contributed by atoms with van der Waals surface area (Å²) >= 11 is 5.90. The zero-order valence-electron chi connectivity index (χ0n) is 7.72. The van der Waals surface area contributed by atoms with Crippen LogP contribution in [0.1, 0.15) is 18.4 Å². The monoisotopic (exact) mass is 196 g/mol. The Morgan fingerprint density at radius 1 is 1.38 bits per heavy atom. The van der Waals surface area contributed by atoms with Crippen molar-refractivity contribution in [2.24, 2.45) is 5.92 Å². The fourth-order valence-corrected chi connectivity index (χ4v) is 1.56. The molecule has 1 saturated carbocycles. The third-order valence-electron chi connectivity index (χ3n) is 2.20. The zero-order valence-corrected chi connectivity index (χ0v) is 8.47. The molecule has 0 saturated heterocycles. The molecule has 0 N–H and O–H groups in total. The van der Waals surface area contributed by atoms with E-state index in [1.165, 1.54) is 12.8 Å². The predicted octanol–water partition coefficient (Wildman–Crippen LogP) is 3.44. The van der Waals surface area contributed by atoms with Crippen LogP contribution in [-0.2, 0) is 0 Å². The lowest BCUT2D eigenvalue weighted by molar-refractivity contribution is 0.299. The first-order valence-electron chi connectivity index (χ1n) is 4.64. The molecule has 2 heteroatoms. The van der Waals surface area contributed by atoms with Gasteiger partial charge in [0, 0.05) is 5.02 Å². The van der Waals surface area contributed by atoms with Crippen LogP contribution >= 0.6 is 11.6 Å². The van der Waals surface area contributed by atoms with Crippen molar-refractivity contribution in [1.82, 2.24) is 0 Å². The minimum absolute atomic E-state index is 0.755. The van der Waals surface area contributed by atoms with E-state index in [1.54, 1.807) is 0 Å². The molecular formula is C11H13ClO. The average Bonchev–Trinajstić information content (AvgIpc) is 2.81. The highest BCUT2D eigenvalue weighted by Crippen LogP contribution is 2.30.